The number of hydrogen-bond donors (Lipinski definition) is 0. The third-order valence-corrected chi connectivity index (χ3v) is 4.67. The summed E-state index contributed by atoms with van der Waals surface area (Å²) in [4.78, 5) is 12.7. The first kappa shape index (κ1) is 16.5. The minimum absolute atomic E-state index is 0.161. The molecule has 0 N–H and O–H groups in total. The fourth-order valence-corrected chi connectivity index (χ4v) is 3.33. The summed E-state index contributed by atoms with van der Waals surface area (Å²) in [6.45, 7) is 2.26. The number of rotatable bonds is 5. The fourth-order valence-electron chi connectivity index (χ4n) is 3.33. The van der Waals surface area contributed by atoms with Crippen molar-refractivity contribution in [2.75, 3.05) is 14.2 Å². The van der Waals surface area contributed by atoms with Crippen LogP contribution in [-0.2, 0) is 0 Å². The molecule has 0 amide bonds. The topological polar surface area (TPSA) is 66.2 Å². The fraction of sp³-hybridized carbons (Fsp3) is 0.500. The molecule has 3 rings (SSSR count). The number of ether oxygens (including phenoxy) is 2. The molecule has 1 aliphatic carbocycles. The van der Waals surface area contributed by atoms with Crippen LogP contribution in [0.15, 0.2) is 24.4 Å². The predicted molar refractivity (Wildman–Crippen MR) is 89.7 cm³/mol. The van der Waals surface area contributed by atoms with Crippen LogP contribution in [0.2, 0.25) is 0 Å². The highest BCUT2D eigenvalue weighted by atomic mass is 16.5. The lowest BCUT2D eigenvalue weighted by Gasteiger charge is -2.26. The van der Waals surface area contributed by atoms with Gasteiger partial charge in [-0.15, -0.1) is 5.10 Å². The van der Waals surface area contributed by atoms with E-state index in [9.17, 15) is 4.79 Å². The van der Waals surface area contributed by atoms with Gasteiger partial charge in [0.1, 0.15) is 0 Å². The first-order valence-electron chi connectivity index (χ1n) is 8.31. The van der Waals surface area contributed by atoms with E-state index in [1.165, 1.54) is 12.8 Å². The smallest absolute Gasteiger partial charge is 0.215 e. The van der Waals surface area contributed by atoms with Crippen LogP contribution in [0.3, 0.4) is 0 Å². The maximum absolute atomic E-state index is 12.7. The summed E-state index contributed by atoms with van der Waals surface area (Å²) in [7, 11) is 3.11. The standard InChI is InChI=1S/C18H23N3O3/c1-12-5-4-6-14(9-12)21-11-15(19-20-21)18(22)13-7-8-16(23-2)17(10-13)24-3/h7-8,10-12,14H,4-6,9H2,1-3H3. The zero-order valence-corrected chi connectivity index (χ0v) is 14.4. The summed E-state index contributed by atoms with van der Waals surface area (Å²) >= 11 is 0. The van der Waals surface area contributed by atoms with E-state index >= 15 is 0 Å². The molecule has 2 atom stereocenters. The van der Waals surface area contributed by atoms with Gasteiger partial charge >= 0.3 is 0 Å². The molecule has 6 heteroatoms. The zero-order valence-electron chi connectivity index (χ0n) is 14.4. The van der Waals surface area contributed by atoms with Gasteiger partial charge < -0.3 is 9.47 Å². The van der Waals surface area contributed by atoms with E-state index in [0.717, 1.165) is 12.8 Å². The summed E-state index contributed by atoms with van der Waals surface area (Å²) in [6, 6.07) is 5.45. The molecular formula is C18H23N3O3. The second-order valence-corrected chi connectivity index (χ2v) is 6.41. The van der Waals surface area contributed by atoms with E-state index in [2.05, 4.69) is 17.2 Å². The molecule has 0 radical (unpaired) electrons. The molecule has 0 saturated heterocycles. The minimum atomic E-state index is -0.161. The van der Waals surface area contributed by atoms with E-state index < -0.39 is 0 Å². The van der Waals surface area contributed by atoms with Gasteiger partial charge in [0.2, 0.25) is 5.78 Å². The molecule has 1 heterocycles. The Morgan fingerprint density at radius 2 is 2.00 bits per heavy atom. The highest BCUT2D eigenvalue weighted by molar-refractivity contribution is 6.07. The first-order chi connectivity index (χ1) is 11.6. The van der Waals surface area contributed by atoms with Gasteiger partial charge in [-0.1, -0.05) is 25.0 Å². The summed E-state index contributed by atoms with van der Waals surface area (Å²) in [6.07, 6.45) is 6.42. The van der Waals surface area contributed by atoms with E-state index in [1.54, 1.807) is 38.6 Å². The number of carbonyl (C=O) groups excluding carboxylic acids is 1. The molecule has 128 valence electrons. The van der Waals surface area contributed by atoms with Gasteiger partial charge in [0.25, 0.3) is 0 Å². The maximum Gasteiger partial charge on any atom is 0.215 e. The van der Waals surface area contributed by atoms with Crippen molar-refractivity contribution < 1.29 is 14.3 Å². The van der Waals surface area contributed by atoms with Crippen LogP contribution in [0.5, 0.6) is 11.5 Å². The van der Waals surface area contributed by atoms with Gasteiger partial charge in [-0.25, -0.2) is 4.68 Å². The third-order valence-electron chi connectivity index (χ3n) is 4.67. The molecule has 24 heavy (non-hydrogen) atoms. The van der Waals surface area contributed by atoms with Crippen molar-refractivity contribution >= 4 is 5.78 Å². The quantitative estimate of drug-likeness (QED) is 0.788. The van der Waals surface area contributed by atoms with Crippen LogP contribution in [0, 0.1) is 5.92 Å². The Morgan fingerprint density at radius 3 is 2.71 bits per heavy atom. The Hall–Kier alpha value is -2.37. The van der Waals surface area contributed by atoms with Crippen LogP contribution in [0.25, 0.3) is 0 Å². The lowest BCUT2D eigenvalue weighted by Crippen LogP contribution is -2.18. The van der Waals surface area contributed by atoms with E-state index in [-0.39, 0.29) is 5.78 Å². The monoisotopic (exact) mass is 329 g/mol. The molecule has 2 unspecified atom stereocenters. The third kappa shape index (κ3) is 3.27. The Kier molecular flexibility index (Phi) is 4.83. The predicted octanol–water partition coefficient (Wildman–Crippen LogP) is 3.28. The molecule has 0 spiro atoms. The maximum atomic E-state index is 12.7. The van der Waals surface area contributed by atoms with E-state index in [4.69, 9.17) is 9.47 Å². The van der Waals surface area contributed by atoms with Crippen molar-refractivity contribution in [1.29, 1.82) is 0 Å². The van der Waals surface area contributed by atoms with Crippen molar-refractivity contribution in [3.05, 3.63) is 35.7 Å². The first-order valence-corrected chi connectivity index (χ1v) is 8.31. The normalized spacial score (nSPS) is 20.6. The lowest BCUT2D eigenvalue weighted by atomic mass is 9.87. The van der Waals surface area contributed by atoms with Crippen molar-refractivity contribution in [1.82, 2.24) is 15.0 Å². The number of hydrogen-bond acceptors (Lipinski definition) is 5. The zero-order chi connectivity index (χ0) is 17.1. The van der Waals surface area contributed by atoms with Crippen molar-refractivity contribution in [2.24, 2.45) is 5.92 Å². The average molecular weight is 329 g/mol. The molecule has 1 aliphatic rings. The second-order valence-electron chi connectivity index (χ2n) is 6.41. The van der Waals surface area contributed by atoms with Crippen molar-refractivity contribution in [3.63, 3.8) is 0 Å². The summed E-state index contributed by atoms with van der Waals surface area (Å²) in [5.41, 5.74) is 0.872. The number of aromatic nitrogens is 3. The number of ketones is 1. The van der Waals surface area contributed by atoms with Crippen LogP contribution < -0.4 is 9.47 Å². The molecule has 1 aromatic heterocycles. The minimum Gasteiger partial charge on any atom is -0.493 e. The molecule has 0 bridgehead atoms. The van der Waals surface area contributed by atoms with Gasteiger partial charge in [-0.2, -0.15) is 0 Å². The average Bonchev–Trinajstić information content (AvgIpc) is 3.10. The molecule has 1 fully saturated rings. The van der Waals surface area contributed by atoms with Crippen LogP contribution >= 0.6 is 0 Å². The van der Waals surface area contributed by atoms with Gasteiger partial charge in [-0.05, 0) is 37.0 Å². The number of methoxy groups -OCH3 is 2. The van der Waals surface area contributed by atoms with Crippen LogP contribution in [0.1, 0.15) is 54.7 Å². The Balaban J connectivity index is 1.81. The Morgan fingerprint density at radius 1 is 1.21 bits per heavy atom. The number of benzene rings is 1. The summed E-state index contributed by atoms with van der Waals surface area (Å²) < 4.78 is 12.3. The van der Waals surface area contributed by atoms with Crippen LogP contribution in [0.4, 0.5) is 0 Å². The lowest BCUT2D eigenvalue weighted by molar-refractivity contribution is 0.103. The molecule has 6 nitrogen and oxygen atoms in total. The molecule has 2 aromatic rings. The highest BCUT2D eigenvalue weighted by Gasteiger charge is 2.23. The summed E-state index contributed by atoms with van der Waals surface area (Å²) in [5.74, 6) is 1.65. The Bertz CT molecular complexity index is 726. The number of nitrogens with zero attached hydrogens (tertiary/aromatic N) is 3. The Labute approximate surface area is 141 Å². The van der Waals surface area contributed by atoms with Crippen molar-refractivity contribution in [3.8, 4) is 11.5 Å². The van der Waals surface area contributed by atoms with Gasteiger partial charge in [0.05, 0.1) is 26.5 Å². The van der Waals surface area contributed by atoms with Crippen LogP contribution in [-0.4, -0.2) is 35.0 Å². The SMILES string of the molecule is COc1ccc(C(=O)c2cn(C3CCCC(C)C3)nn2)cc1OC. The van der Waals surface area contributed by atoms with Gasteiger partial charge in [0, 0.05) is 5.56 Å². The van der Waals surface area contributed by atoms with Gasteiger partial charge in [0.15, 0.2) is 17.2 Å². The summed E-state index contributed by atoms with van der Waals surface area (Å²) in [5, 5.41) is 8.27. The molecule has 1 aromatic carbocycles. The molecule has 0 aliphatic heterocycles. The number of carbonyl (C=O) groups is 1. The second kappa shape index (κ2) is 7.03. The molecule has 1 saturated carbocycles. The highest BCUT2D eigenvalue weighted by Crippen LogP contribution is 2.32. The van der Waals surface area contributed by atoms with E-state index in [0.29, 0.717) is 34.7 Å². The van der Waals surface area contributed by atoms with Gasteiger partial charge in [-0.3, -0.25) is 4.79 Å². The van der Waals surface area contributed by atoms with Crippen molar-refractivity contribution in [2.45, 2.75) is 38.6 Å². The van der Waals surface area contributed by atoms with E-state index in [1.807, 2.05) is 4.68 Å². The molecular weight excluding hydrogens is 306 g/mol. The largest absolute Gasteiger partial charge is 0.493 e.